The summed E-state index contributed by atoms with van der Waals surface area (Å²) in [7, 11) is 0. The maximum Gasteiger partial charge on any atom is 0.573 e. The number of benzene rings is 1. The average Bonchev–Trinajstić information content (AvgIpc) is 2.26. The van der Waals surface area contributed by atoms with E-state index in [0.29, 0.717) is 4.47 Å². The molecule has 0 fully saturated rings. The molecule has 2 atom stereocenters. The number of hydrogen-bond acceptors (Lipinski definition) is 4. The van der Waals surface area contributed by atoms with Crippen LogP contribution in [0.1, 0.15) is 18.1 Å². The quantitative estimate of drug-likeness (QED) is 0.765. The van der Waals surface area contributed by atoms with E-state index >= 15 is 0 Å². The van der Waals surface area contributed by atoms with E-state index in [1.54, 1.807) is 0 Å². The molecule has 0 heterocycles. The monoisotopic (exact) mass is 344 g/mol. The van der Waals surface area contributed by atoms with E-state index in [4.69, 9.17) is 5.11 Å². The van der Waals surface area contributed by atoms with E-state index in [9.17, 15) is 23.4 Å². The molecule has 1 aromatic carbocycles. The minimum Gasteiger partial charge on any atom is -0.405 e. The highest BCUT2D eigenvalue weighted by Crippen LogP contribution is 2.34. The van der Waals surface area contributed by atoms with Gasteiger partial charge in [0.25, 0.3) is 0 Å². The third-order valence-electron chi connectivity index (χ3n) is 2.31. The molecule has 0 saturated carbocycles. The Balaban J connectivity index is 3.05. The van der Waals surface area contributed by atoms with Gasteiger partial charge in [0.15, 0.2) is 0 Å². The van der Waals surface area contributed by atoms with Gasteiger partial charge in [-0.15, -0.1) is 13.2 Å². The average molecular weight is 345 g/mol. The molecule has 0 bridgehead atoms. The van der Waals surface area contributed by atoms with E-state index in [1.165, 1.54) is 12.1 Å². The Morgan fingerprint density at radius 2 is 1.89 bits per heavy atom. The van der Waals surface area contributed by atoms with Gasteiger partial charge in [-0.1, -0.05) is 22.0 Å². The Morgan fingerprint density at radius 3 is 2.42 bits per heavy atom. The summed E-state index contributed by atoms with van der Waals surface area (Å²) < 4.78 is 40.9. The molecule has 8 heteroatoms. The molecule has 0 aliphatic rings. The van der Waals surface area contributed by atoms with Crippen LogP contribution in [0.15, 0.2) is 22.7 Å². The Hall–Kier alpha value is -0.830. The molecule has 2 unspecified atom stereocenters. The predicted molar refractivity (Wildman–Crippen MR) is 63.5 cm³/mol. The number of ether oxygens (including phenoxy) is 1. The first kappa shape index (κ1) is 16.2. The summed E-state index contributed by atoms with van der Waals surface area (Å²) in [6, 6.07) is 3.65. The number of halogens is 4. The van der Waals surface area contributed by atoms with Gasteiger partial charge in [0.2, 0.25) is 0 Å². The van der Waals surface area contributed by atoms with Gasteiger partial charge in [0.05, 0.1) is 6.10 Å². The van der Waals surface area contributed by atoms with Crippen molar-refractivity contribution in [3.05, 3.63) is 28.2 Å². The van der Waals surface area contributed by atoms with Crippen LogP contribution in [-0.2, 0) is 0 Å². The number of aliphatic hydroxyl groups is 3. The summed E-state index contributed by atoms with van der Waals surface area (Å²) in [5.41, 5.74) is -0.207. The first-order valence-electron chi connectivity index (χ1n) is 5.27. The normalized spacial score (nSPS) is 15.1. The van der Waals surface area contributed by atoms with E-state index in [0.717, 1.165) is 6.07 Å². The topological polar surface area (TPSA) is 69.9 Å². The molecule has 0 saturated heterocycles. The van der Waals surface area contributed by atoms with Crippen molar-refractivity contribution in [3.8, 4) is 5.75 Å². The van der Waals surface area contributed by atoms with Crippen molar-refractivity contribution in [3.63, 3.8) is 0 Å². The molecule has 0 aliphatic carbocycles. The highest BCUT2D eigenvalue weighted by molar-refractivity contribution is 9.10. The molecule has 0 spiro atoms. The first-order chi connectivity index (χ1) is 8.74. The fourth-order valence-electron chi connectivity index (χ4n) is 1.46. The lowest BCUT2D eigenvalue weighted by Gasteiger charge is -2.21. The van der Waals surface area contributed by atoms with Crippen LogP contribution in [0.25, 0.3) is 0 Å². The highest BCUT2D eigenvalue weighted by Gasteiger charge is 2.33. The molecule has 0 radical (unpaired) electrons. The van der Waals surface area contributed by atoms with E-state index < -0.39 is 30.9 Å². The van der Waals surface area contributed by atoms with Crippen LogP contribution in [0.3, 0.4) is 0 Å². The minimum absolute atomic E-state index is 0.164. The smallest absolute Gasteiger partial charge is 0.405 e. The van der Waals surface area contributed by atoms with Crippen molar-refractivity contribution in [2.75, 3.05) is 6.61 Å². The van der Waals surface area contributed by atoms with Crippen molar-refractivity contribution < 1.29 is 33.2 Å². The third-order valence-corrected chi connectivity index (χ3v) is 2.80. The molecule has 19 heavy (non-hydrogen) atoms. The summed E-state index contributed by atoms with van der Waals surface area (Å²) in [4.78, 5) is 0. The maximum atomic E-state index is 12.2. The molecule has 4 nitrogen and oxygen atoms in total. The molecular weight excluding hydrogens is 333 g/mol. The van der Waals surface area contributed by atoms with Crippen molar-refractivity contribution in [1.82, 2.24) is 0 Å². The zero-order chi connectivity index (χ0) is 14.6. The van der Waals surface area contributed by atoms with E-state index in [-0.39, 0.29) is 12.0 Å². The van der Waals surface area contributed by atoms with Crippen LogP contribution >= 0.6 is 15.9 Å². The second-order valence-corrected chi connectivity index (χ2v) is 4.67. The maximum absolute atomic E-state index is 12.2. The molecule has 108 valence electrons. The van der Waals surface area contributed by atoms with Crippen LogP contribution in [0.5, 0.6) is 5.75 Å². The lowest BCUT2D eigenvalue weighted by Crippen LogP contribution is -2.23. The molecule has 3 N–H and O–H groups in total. The van der Waals surface area contributed by atoms with Crippen LogP contribution in [-0.4, -0.2) is 34.4 Å². The summed E-state index contributed by atoms with van der Waals surface area (Å²) in [5, 5.41) is 27.9. The zero-order valence-corrected chi connectivity index (χ0v) is 11.1. The van der Waals surface area contributed by atoms with Gasteiger partial charge in [-0.2, -0.15) is 0 Å². The summed E-state index contributed by atoms with van der Waals surface area (Å²) in [6.07, 6.45) is -8.04. The fraction of sp³-hybridized carbons (Fsp3) is 0.455. The molecule has 0 amide bonds. The molecule has 0 aromatic heterocycles. The second kappa shape index (κ2) is 6.56. The van der Waals surface area contributed by atoms with Crippen LogP contribution in [0, 0.1) is 0 Å². The van der Waals surface area contributed by atoms with Gasteiger partial charge >= 0.3 is 6.36 Å². The second-order valence-electron chi connectivity index (χ2n) is 3.75. The molecular formula is C11H12BrF3O4. The van der Waals surface area contributed by atoms with Crippen molar-refractivity contribution in [2.24, 2.45) is 0 Å². The lowest BCUT2D eigenvalue weighted by atomic mass is 10.0. The molecule has 0 aliphatic heterocycles. The Bertz CT molecular complexity index is 425. The van der Waals surface area contributed by atoms with E-state index in [1.807, 2.05) is 0 Å². The minimum atomic E-state index is -4.91. The standard InChI is InChI=1S/C11H12BrF3O4/c12-6-1-2-7(10(18)8(17)3-4-16)9(5-6)19-11(13,14)15/h1-2,5,8,10,16-18H,3-4H2. The van der Waals surface area contributed by atoms with Gasteiger partial charge < -0.3 is 20.1 Å². The van der Waals surface area contributed by atoms with Crippen LogP contribution in [0.4, 0.5) is 13.2 Å². The Kier molecular flexibility index (Phi) is 5.60. The predicted octanol–water partition coefficient (Wildman–Crippen LogP) is 2.12. The molecule has 1 rings (SSSR count). The zero-order valence-electron chi connectivity index (χ0n) is 9.56. The van der Waals surface area contributed by atoms with Crippen molar-refractivity contribution in [1.29, 1.82) is 0 Å². The van der Waals surface area contributed by atoms with Crippen molar-refractivity contribution in [2.45, 2.75) is 25.0 Å². The number of alkyl halides is 3. The van der Waals surface area contributed by atoms with Crippen LogP contribution in [0.2, 0.25) is 0 Å². The van der Waals surface area contributed by atoms with Crippen molar-refractivity contribution >= 4 is 15.9 Å². The lowest BCUT2D eigenvalue weighted by molar-refractivity contribution is -0.275. The first-order valence-corrected chi connectivity index (χ1v) is 6.06. The summed E-state index contributed by atoms with van der Waals surface area (Å²) >= 11 is 2.99. The number of rotatable bonds is 5. The van der Waals surface area contributed by atoms with Gasteiger partial charge in [-0.3, -0.25) is 0 Å². The van der Waals surface area contributed by atoms with Gasteiger partial charge in [0, 0.05) is 16.6 Å². The van der Waals surface area contributed by atoms with Gasteiger partial charge in [0.1, 0.15) is 11.9 Å². The van der Waals surface area contributed by atoms with E-state index in [2.05, 4.69) is 20.7 Å². The Morgan fingerprint density at radius 1 is 1.26 bits per heavy atom. The number of hydrogen-bond donors (Lipinski definition) is 3. The summed E-state index contributed by atoms with van der Waals surface area (Å²) in [5.74, 6) is -0.605. The van der Waals surface area contributed by atoms with Gasteiger partial charge in [-0.05, 0) is 18.6 Å². The van der Waals surface area contributed by atoms with Gasteiger partial charge in [-0.25, -0.2) is 0 Å². The number of aliphatic hydroxyl groups excluding tert-OH is 3. The van der Waals surface area contributed by atoms with Crippen LogP contribution < -0.4 is 4.74 Å². The Labute approximate surface area is 115 Å². The highest BCUT2D eigenvalue weighted by atomic mass is 79.9. The summed E-state index contributed by atoms with van der Waals surface area (Å²) in [6.45, 7) is -0.399. The third kappa shape index (κ3) is 4.98. The molecule has 1 aromatic rings. The SMILES string of the molecule is OCCC(O)C(O)c1ccc(Br)cc1OC(F)(F)F. The fourth-order valence-corrected chi connectivity index (χ4v) is 1.80. The largest absolute Gasteiger partial charge is 0.573 e.